The van der Waals surface area contributed by atoms with E-state index in [0.717, 1.165) is 5.69 Å². The number of hydrogen-bond acceptors (Lipinski definition) is 5. The van der Waals surface area contributed by atoms with Crippen molar-refractivity contribution in [2.75, 3.05) is 12.4 Å². The van der Waals surface area contributed by atoms with Gasteiger partial charge in [-0.1, -0.05) is 11.6 Å². The number of rotatable bonds is 4. The largest absolute Gasteiger partial charge is 0.506 e. The molecule has 6 heteroatoms. The third kappa shape index (κ3) is 3.64. The number of nitrogens with one attached hydrogen (secondary N) is 1. The highest BCUT2D eigenvalue weighted by atomic mass is 35.5. The molecule has 2 N–H and O–H groups in total. The Balaban J connectivity index is 2.17. The Kier molecular flexibility index (Phi) is 4.65. The van der Waals surface area contributed by atoms with Crippen LogP contribution in [0.2, 0.25) is 5.02 Å². The highest BCUT2D eigenvalue weighted by Crippen LogP contribution is 2.22. The number of carbonyl (C=O) groups is 1. The molecule has 1 aromatic heterocycles. The number of halogens is 1. The zero-order valence-corrected chi connectivity index (χ0v) is 12.4. The van der Waals surface area contributed by atoms with E-state index in [1.54, 1.807) is 30.3 Å². The number of aromatic nitrogens is 1. The molecule has 0 unspecified atom stereocenters. The molecule has 0 saturated carbocycles. The summed E-state index contributed by atoms with van der Waals surface area (Å²) < 4.78 is 4.67. The molecule has 0 bridgehead atoms. The average Bonchev–Trinajstić information content (AvgIpc) is 2.48. The Bertz CT molecular complexity index is 674. The third-order valence-corrected chi connectivity index (χ3v) is 3.25. The number of esters is 1. The quantitative estimate of drug-likeness (QED) is 0.849. The van der Waals surface area contributed by atoms with E-state index in [1.165, 1.54) is 7.11 Å². The molecule has 0 atom stereocenters. The van der Waals surface area contributed by atoms with Gasteiger partial charge in [0.25, 0.3) is 0 Å². The van der Waals surface area contributed by atoms with Crippen LogP contribution in [0.1, 0.15) is 21.7 Å². The molecule has 0 aliphatic rings. The van der Waals surface area contributed by atoms with Crippen LogP contribution in [-0.2, 0) is 11.3 Å². The second kappa shape index (κ2) is 6.45. The zero-order chi connectivity index (χ0) is 15.4. The first-order valence-corrected chi connectivity index (χ1v) is 6.66. The molecule has 0 spiro atoms. The van der Waals surface area contributed by atoms with Crippen molar-refractivity contribution in [1.82, 2.24) is 4.98 Å². The van der Waals surface area contributed by atoms with E-state index in [-0.39, 0.29) is 11.3 Å². The highest BCUT2D eigenvalue weighted by molar-refractivity contribution is 6.33. The number of ether oxygens (including phenoxy) is 1. The van der Waals surface area contributed by atoms with Gasteiger partial charge in [-0.25, -0.2) is 4.79 Å². The zero-order valence-electron chi connectivity index (χ0n) is 11.7. The topological polar surface area (TPSA) is 71.5 Å². The van der Waals surface area contributed by atoms with E-state index in [0.29, 0.717) is 22.9 Å². The fraction of sp³-hybridized carbons (Fsp3) is 0.200. The van der Waals surface area contributed by atoms with Crippen LogP contribution < -0.4 is 5.32 Å². The molecule has 2 aromatic rings. The minimum absolute atomic E-state index is 0.121. The van der Waals surface area contributed by atoms with Crippen molar-refractivity contribution in [3.8, 4) is 5.75 Å². The monoisotopic (exact) mass is 306 g/mol. The molecule has 0 radical (unpaired) electrons. The predicted molar refractivity (Wildman–Crippen MR) is 80.8 cm³/mol. The van der Waals surface area contributed by atoms with E-state index in [1.807, 2.05) is 6.92 Å². The molecule has 21 heavy (non-hydrogen) atoms. The fourth-order valence-electron chi connectivity index (χ4n) is 1.82. The van der Waals surface area contributed by atoms with E-state index < -0.39 is 5.97 Å². The first-order chi connectivity index (χ1) is 10.0. The lowest BCUT2D eigenvalue weighted by Crippen LogP contribution is -2.06. The van der Waals surface area contributed by atoms with Crippen molar-refractivity contribution < 1.29 is 14.6 Å². The van der Waals surface area contributed by atoms with Crippen LogP contribution >= 0.6 is 11.6 Å². The van der Waals surface area contributed by atoms with Crippen LogP contribution in [0.3, 0.4) is 0 Å². The number of aryl methyl sites for hydroxylation is 1. The Morgan fingerprint density at radius 1 is 1.38 bits per heavy atom. The van der Waals surface area contributed by atoms with Gasteiger partial charge in [-0.2, -0.15) is 0 Å². The van der Waals surface area contributed by atoms with Crippen LogP contribution in [0.15, 0.2) is 30.3 Å². The summed E-state index contributed by atoms with van der Waals surface area (Å²) >= 11 is 5.95. The summed E-state index contributed by atoms with van der Waals surface area (Å²) in [5.41, 5.74) is 2.31. The standard InChI is InChI=1S/C15H15ClN2O3/c1-9-3-6-14(19)13(18-9)8-17-10-4-5-12(16)11(7-10)15(20)21-2/h3-7,17,19H,8H2,1-2H3. The van der Waals surface area contributed by atoms with E-state index >= 15 is 0 Å². The molecular weight excluding hydrogens is 292 g/mol. The number of nitrogens with zero attached hydrogens (tertiary/aromatic N) is 1. The maximum Gasteiger partial charge on any atom is 0.339 e. The molecule has 0 fully saturated rings. The highest BCUT2D eigenvalue weighted by Gasteiger charge is 2.11. The maximum absolute atomic E-state index is 11.6. The summed E-state index contributed by atoms with van der Waals surface area (Å²) in [4.78, 5) is 15.8. The Labute approximate surface area is 127 Å². The van der Waals surface area contributed by atoms with Gasteiger partial charge in [-0.15, -0.1) is 0 Å². The number of hydrogen-bond donors (Lipinski definition) is 2. The Morgan fingerprint density at radius 2 is 2.14 bits per heavy atom. The normalized spacial score (nSPS) is 10.2. The molecule has 1 heterocycles. The van der Waals surface area contributed by atoms with Gasteiger partial charge in [0.2, 0.25) is 0 Å². The lowest BCUT2D eigenvalue weighted by Gasteiger charge is -2.10. The van der Waals surface area contributed by atoms with E-state index in [4.69, 9.17) is 11.6 Å². The van der Waals surface area contributed by atoms with Crippen molar-refractivity contribution in [2.24, 2.45) is 0 Å². The summed E-state index contributed by atoms with van der Waals surface area (Å²) in [7, 11) is 1.30. The van der Waals surface area contributed by atoms with Crippen LogP contribution in [0.25, 0.3) is 0 Å². The van der Waals surface area contributed by atoms with Crippen LogP contribution in [0.4, 0.5) is 5.69 Å². The van der Waals surface area contributed by atoms with Crippen molar-refractivity contribution >= 4 is 23.3 Å². The number of pyridine rings is 1. The van der Waals surface area contributed by atoms with Gasteiger partial charge in [-0.05, 0) is 37.3 Å². The summed E-state index contributed by atoms with van der Waals surface area (Å²) in [5.74, 6) is -0.379. The molecule has 1 aromatic carbocycles. The summed E-state index contributed by atoms with van der Waals surface area (Å²) in [5, 5.41) is 13.1. The predicted octanol–water partition coefficient (Wildman–Crippen LogP) is 3.15. The number of methoxy groups -OCH3 is 1. The maximum atomic E-state index is 11.6. The molecule has 110 valence electrons. The SMILES string of the molecule is COC(=O)c1cc(NCc2nc(C)ccc2O)ccc1Cl. The minimum atomic E-state index is -0.500. The lowest BCUT2D eigenvalue weighted by atomic mass is 10.2. The minimum Gasteiger partial charge on any atom is -0.506 e. The van der Waals surface area contributed by atoms with Gasteiger partial charge in [0.1, 0.15) is 11.4 Å². The molecule has 0 saturated heterocycles. The first-order valence-electron chi connectivity index (χ1n) is 6.28. The van der Waals surface area contributed by atoms with Crippen molar-refractivity contribution in [2.45, 2.75) is 13.5 Å². The van der Waals surface area contributed by atoms with Gasteiger partial charge in [0, 0.05) is 11.4 Å². The molecule has 0 amide bonds. The van der Waals surface area contributed by atoms with E-state index in [9.17, 15) is 9.90 Å². The molecule has 0 aliphatic heterocycles. The van der Waals surface area contributed by atoms with Gasteiger partial charge < -0.3 is 15.2 Å². The van der Waals surface area contributed by atoms with Crippen LogP contribution in [-0.4, -0.2) is 23.2 Å². The Hall–Kier alpha value is -2.27. The van der Waals surface area contributed by atoms with Crippen molar-refractivity contribution in [3.05, 3.63) is 52.3 Å². The number of carbonyl (C=O) groups excluding carboxylic acids is 1. The number of benzene rings is 1. The average molecular weight is 307 g/mol. The molecule has 0 aliphatic carbocycles. The molecule has 2 rings (SSSR count). The van der Waals surface area contributed by atoms with Gasteiger partial charge >= 0.3 is 5.97 Å². The summed E-state index contributed by atoms with van der Waals surface area (Å²) in [6.07, 6.45) is 0. The van der Waals surface area contributed by atoms with E-state index in [2.05, 4.69) is 15.0 Å². The second-order valence-electron chi connectivity index (χ2n) is 4.46. The summed E-state index contributed by atoms with van der Waals surface area (Å²) in [6.45, 7) is 2.18. The lowest BCUT2D eigenvalue weighted by molar-refractivity contribution is 0.0601. The molecule has 5 nitrogen and oxygen atoms in total. The second-order valence-corrected chi connectivity index (χ2v) is 4.87. The third-order valence-electron chi connectivity index (χ3n) is 2.92. The van der Waals surface area contributed by atoms with Crippen molar-refractivity contribution in [1.29, 1.82) is 0 Å². The van der Waals surface area contributed by atoms with Crippen LogP contribution in [0, 0.1) is 6.92 Å². The molecular formula is C15H15ClN2O3. The van der Waals surface area contributed by atoms with Gasteiger partial charge in [0.05, 0.1) is 24.2 Å². The van der Waals surface area contributed by atoms with Gasteiger partial charge in [-0.3, -0.25) is 4.98 Å². The Morgan fingerprint density at radius 3 is 2.86 bits per heavy atom. The number of anilines is 1. The summed E-state index contributed by atoms with van der Waals surface area (Å²) in [6, 6.07) is 8.28. The number of aromatic hydroxyl groups is 1. The van der Waals surface area contributed by atoms with Crippen LogP contribution in [0.5, 0.6) is 5.75 Å². The van der Waals surface area contributed by atoms with Gasteiger partial charge in [0.15, 0.2) is 0 Å². The first kappa shape index (κ1) is 15.1. The smallest absolute Gasteiger partial charge is 0.339 e. The van der Waals surface area contributed by atoms with Crippen molar-refractivity contribution in [3.63, 3.8) is 0 Å². The fourth-order valence-corrected chi connectivity index (χ4v) is 2.02.